The average molecular weight is 285 g/mol. The Kier molecular flexibility index (Phi) is 4.43. The van der Waals surface area contributed by atoms with Crippen molar-refractivity contribution >= 4 is 38.3 Å². The number of hydrogen-bond acceptors (Lipinski definition) is 4. The first-order valence-corrected chi connectivity index (χ1v) is 7.11. The van der Waals surface area contributed by atoms with E-state index in [-0.39, 0.29) is 6.04 Å². The summed E-state index contributed by atoms with van der Waals surface area (Å²) in [5.41, 5.74) is 0.979. The van der Waals surface area contributed by atoms with Crippen LogP contribution in [0.3, 0.4) is 0 Å². The molecule has 1 aromatic heterocycles. The number of benzene rings is 1. The third kappa shape index (κ3) is 3.13. The van der Waals surface area contributed by atoms with Crippen molar-refractivity contribution in [2.24, 2.45) is 5.92 Å². The first-order valence-electron chi connectivity index (χ1n) is 5.91. The second-order valence-corrected chi connectivity index (χ2v) is 6.05. The zero-order valence-electron chi connectivity index (χ0n) is 10.7. The summed E-state index contributed by atoms with van der Waals surface area (Å²) < 4.78 is 6.33. The Hall–Kier alpha value is -0.840. The molecule has 0 radical (unpaired) electrons. The van der Waals surface area contributed by atoms with Crippen molar-refractivity contribution in [3.05, 3.63) is 23.2 Å². The summed E-state index contributed by atoms with van der Waals surface area (Å²) in [6.07, 6.45) is 0. The van der Waals surface area contributed by atoms with Crippen LogP contribution in [0.25, 0.3) is 10.2 Å². The Labute approximate surface area is 116 Å². The van der Waals surface area contributed by atoms with Crippen molar-refractivity contribution in [2.45, 2.75) is 19.9 Å². The minimum atomic E-state index is 0.269. The molecule has 3 nitrogen and oxygen atoms in total. The molecule has 1 N–H and O–H groups in total. The number of rotatable bonds is 5. The molecular formula is C13H17ClN2OS. The second kappa shape index (κ2) is 5.87. The fraction of sp³-hybridized carbons (Fsp3) is 0.462. The molecule has 5 heteroatoms. The van der Waals surface area contributed by atoms with Gasteiger partial charge in [-0.1, -0.05) is 36.8 Å². The summed E-state index contributed by atoms with van der Waals surface area (Å²) in [6, 6.07) is 6.02. The van der Waals surface area contributed by atoms with E-state index in [9.17, 15) is 0 Å². The van der Waals surface area contributed by atoms with E-state index in [2.05, 4.69) is 24.1 Å². The smallest absolute Gasteiger partial charge is 0.184 e. The fourth-order valence-corrected chi connectivity index (χ4v) is 2.90. The maximum absolute atomic E-state index is 5.97. The van der Waals surface area contributed by atoms with Crippen molar-refractivity contribution < 1.29 is 4.74 Å². The van der Waals surface area contributed by atoms with Crippen LogP contribution in [-0.2, 0) is 4.74 Å². The van der Waals surface area contributed by atoms with Crippen molar-refractivity contribution in [1.29, 1.82) is 0 Å². The summed E-state index contributed by atoms with van der Waals surface area (Å²) in [4.78, 5) is 4.55. The number of methoxy groups -OCH3 is 1. The number of anilines is 1. The van der Waals surface area contributed by atoms with Gasteiger partial charge < -0.3 is 10.1 Å². The highest BCUT2D eigenvalue weighted by atomic mass is 35.5. The summed E-state index contributed by atoms with van der Waals surface area (Å²) in [5, 5.41) is 5.09. The van der Waals surface area contributed by atoms with E-state index in [1.807, 2.05) is 18.2 Å². The van der Waals surface area contributed by atoms with Crippen molar-refractivity contribution in [1.82, 2.24) is 4.98 Å². The van der Waals surface area contributed by atoms with Gasteiger partial charge in [0.2, 0.25) is 0 Å². The molecular weight excluding hydrogens is 268 g/mol. The number of fused-ring (bicyclic) bond motifs is 1. The number of thiazole rings is 1. The van der Waals surface area contributed by atoms with Gasteiger partial charge in [-0.3, -0.25) is 0 Å². The second-order valence-electron chi connectivity index (χ2n) is 4.58. The standard InChI is InChI=1S/C13H17ClN2OS/c1-8(2)11(7-17-3)16-13-15-10-5-4-9(14)6-12(10)18-13/h4-6,8,11H,7H2,1-3H3,(H,15,16). The molecule has 18 heavy (non-hydrogen) atoms. The van der Waals surface area contributed by atoms with Crippen LogP contribution in [0.15, 0.2) is 18.2 Å². The molecule has 1 atom stereocenters. The third-order valence-electron chi connectivity index (χ3n) is 2.81. The predicted molar refractivity (Wildman–Crippen MR) is 78.8 cm³/mol. The number of hydrogen-bond donors (Lipinski definition) is 1. The Morgan fingerprint density at radius 1 is 1.44 bits per heavy atom. The maximum Gasteiger partial charge on any atom is 0.184 e. The van der Waals surface area contributed by atoms with Crippen LogP contribution in [0.2, 0.25) is 5.02 Å². The highest BCUT2D eigenvalue weighted by molar-refractivity contribution is 7.22. The van der Waals surface area contributed by atoms with E-state index in [0.717, 1.165) is 20.4 Å². The minimum Gasteiger partial charge on any atom is -0.383 e. The number of ether oxygens (including phenoxy) is 1. The van der Waals surface area contributed by atoms with E-state index in [1.165, 1.54) is 0 Å². The lowest BCUT2D eigenvalue weighted by Crippen LogP contribution is -2.30. The Morgan fingerprint density at radius 3 is 2.89 bits per heavy atom. The number of nitrogens with one attached hydrogen (secondary N) is 1. The van der Waals surface area contributed by atoms with Gasteiger partial charge in [0, 0.05) is 12.1 Å². The molecule has 1 aromatic carbocycles. The van der Waals surface area contributed by atoms with Gasteiger partial charge >= 0.3 is 0 Å². The largest absolute Gasteiger partial charge is 0.383 e. The molecule has 1 heterocycles. The van der Waals surface area contributed by atoms with E-state index in [1.54, 1.807) is 18.4 Å². The molecule has 0 aliphatic carbocycles. The van der Waals surface area contributed by atoms with Gasteiger partial charge in [-0.05, 0) is 24.1 Å². The van der Waals surface area contributed by atoms with Gasteiger partial charge in [-0.25, -0.2) is 4.98 Å². The van der Waals surface area contributed by atoms with Gasteiger partial charge in [-0.15, -0.1) is 0 Å². The molecule has 0 spiro atoms. The molecule has 0 saturated carbocycles. The van der Waals surface area contributed by atoms with Gasteiger partial charge in [0.25, 0.3) is 0 Å². The van der Waals surface area contributed by atoms with Gasteiger partial charge in [0.15, 0.2) is 5.13 Å². The van der Waals surface area contributed by atoms with E-state index >= 15 is 0 Å². The number of halogens is 1. The summed E-state index contributed by atoms with van der Waals surface area (Å²) in [6.45, 7) is 5.01. The van der Waals surface area contributed by atoms with Crippen molar-refractivity contribution in [3.8, 4) is 0 Å². The van der Waals surface area contributed by atoms with Gasteiger partial charge in [0.1, 0.15) is 0 Å². The van der Waals surface area contributed by atoms with Gasteiger partial charge in [-0.2, -0.15) is 0 Å². The molecule has 0 saturated heterocycles. The molecule has 2 rings (SSSR count). The highest BCUT2D eigenvalue weighted by Crippen LogP contribution is 2.29. The lowest BCUT2D eigenvalue weighted by molar-refractivity contribution is 0.171. The lowest BCUT2D eigenvalue weighted by atomic mass is 10.1. The minimum absolute atomic E-state index is 0.269. The summed E-state index contributed by atoms with van der Waals surface area (Å²) >= 11 is 7.59. The number of nitrogens with zero attached hydrogens (tertiary/aromatic N) is 1. The van der Waals surface area contributed by atoms with Crippen LogP contribution in [0, 0.1) is 5.92 Å². The van der Waals surface area contributed by atoms with Crippen LogP contribution in [0.4, 0.5) is 5.13 Å². The monoisotopic (exact) mass is 284 g/mol. The van der Waals surface area contributed by atoms with E-state index in [4.69, 9.17) is 16.3 Å². The molecule has 0 aliphatic rings. The first-order chi connectivity index (χ1) is 8.60. The summed E-state index contributed by atoms with van der Waals surface area (Å²) in [5.74, 6) is 0.487. The first kappa shape index (κ1) is 13.6. The van der Waals surface area contributed by atoms with Crippen LogP contribution in [-0.4, -0.2) is 24.7 Å². The van der Waals surface area contributed by atoms with Crippen molar-refractivity contribution in [3.63, 3.8) is 0 Å². The zero-order chi connectivity index (χ0) is 13.1. The van der Waals surface area contributed by atoms with Crippen molar-refractivity contribution in [2.75, 3.05) is 19.0 Å². The third-order valence-corrected chi connectivity index (χ3v) is 3.99. The van der Waals surface area contributed by atoms with E-state index < -0.39 is 0 Å². The fourth-order valence-electron chi connectivity index (χ4n) is 1.70. The molecule has 2 aromatic rings. The predicted octanol–water partition coefficient (Wildman–Crippen LogP) is 4.03. The highest BCUT2D eigenvalue weighted by Gasteiger charge is 2.15. The molecule has 1 unspecified atom stereocenters. The number of aromatic nitrogens is 1. The quantitative estimate of drug-likeness (QED) is 0.900. The average Bonchev–Trinajstić information content (AvgIpc) is 2.69. The topological polar surface area (TPSA) is 34.1 Å². The van der Waals surface area contributed by atoms with Crippen LogP contribution in [0.5, 0.6) is 0 Å². The molecule has 0 aliphatic heterocycles. The Balaban J connectivity index is 2.20. The van der Waals surface area contributed by atoms with Crippen LogP contribution >= 0.6 is 22.9 Å². The molecule has 0 bridgehead atoms. The normalized spacial score (nSPS) is 13.2. The Morgan fingerprint density at radius 2 is 2.22 bits per heavy atom. The van der Waals surface area contributed by atoms with E-state index in [0.29, 0.717) is 12.5 Å². The maximum atomic E-state index is 5.97. The lowest BCUT2D eigenvalue weighted by Gasteiger charge is -2.20. The van der Waals surface area contributed by atoms with Crippen LogP contribution in [0.1, 0.15) is 13.8 Å². The molecule has 0 fully saturated rings. The Bertz CT molecular complexity index is 527. The summed E-state index contributed by atoms with van der Waals surface area (Å²) in [7, 11) is 1.72. The van der Waals surface area contributed by atoms with Gasteiger partial charge in [0.05, 0.1) is 22.9 Å². The van der Waals surface area contributed by atoms with Crippen LogP contribution < -0.4 is 5.32 Å². The molecule has 98 valence electrons. The zero-order valence-corrected chi connectivity index (χ0v) is 12.3. The molecule has 0 amide bonds. The SMILES string of the molecule is COCC(Nc1nc2ccc(Cl)cc2s1)C(C)C.